The van der Waals surface area contributed by atoms with Gasteiger partial charge in [-0.25, -0.2) is 0 Å². The molecular weight excluding hydrogens is 176 g/mol. The first kappa shape index (κ1) is 11.5. The predicted octanol–water partition coefficient (Wildman–Crippen LogP) is 1.37. The van der Waals surface area contributed by atoms with Gasteiger partial charge in [-0.3, -0.25) is 4.79 Å². The summed E-state index contributed by atoms with van der Waals surface area (Å²) in [5.41, 5.74) is 5.69. The van der Waals surface area contributed by atoms with Crippen molar-refractivity contribution in [3.63, 3.8) is 0 Å². The molecule has 3 heteroatoms. The van der Waals surface area contributed by atoms with E-state index in [-0.39, 0.29) is 5.91 Å². The molecule has 1 amide bonds. The van der Waals surface area contributed by atoms with Crippen molar-refractivity contribution in [2.75, 3.05) is 19.6 Å². The minimum Gasteiger partial charge on any atom is -0.342 e. The first-order valence-corrected chi connectivity index (χ1v) is 5.53. The van der Waals surface area contributed by atoms with Crippen LogP contribution in [0.1, 0.15) is 39.5 Å². The third kappa shape index (κ3) is 3.29. The highest BCUT2D eigenvalue weighted by Crippen LogP contribution is 2.28. The van der Waals surface area contributed by atoms with Gasteiger partial charge in [0.15, 0.2) is 0 Å². The Morgan fingerprint density at radius 3 is 2.79 bits per heavy atom. The van der Waals surface area contributed by atoms with Gasteiger partial charge in [-0.05, 0) is 31.2 Å². The maximum absolute atomic E-state index is 11.7. The van der Waals surface area contributed by atoms with Crippen molar-refractivity contribution in [3.8, 4) is 0 Å². The first-order valence-electron chi connectivity index (χ1n) is 5.53. The number of hydrogen-bond acceptors (Lipinski definition) is 2. The Morgan fingerprint density at radius 2 is 2.21 bits per heavy atom. The van der Waals surface area contributed by atoms with Gasteiger partial charge in [0, 0.05) is 19.5 Å². The van der Waals surface area contributed by atoms with Gasteiger partial charge in [-0.15, -0.1) is 0 Å². The Kier molecular flexibility index (Phi) is 3.93. The highest BCUT2D eigenvalue weighted by Gasteiger charge is 2.28. The van der Waals surface area contributed by atoms with Crippen LogP contribution in [0.3, 0.4) is 0 Å². The van der Waals surface area contributed by atoms with Gasteiger partial charge >= 0.3 is 0 Å². The second kappa shape index (κ2) is 4.78. The summed E-state index contributed by atoms with van der Waals surface area (Å²) in [4.78, 5) is 13.7. The molecular formula is C11H22N2O. The molecule has 0 aliphatic carbocycles. The number of hydrogen-bond donors (Lipinski definition) is 1. The van der Waals surface area contributed by atoms with Gasteiger partial charge in [0.25, 0.3) is 0 Å². The summed E-state index contributed by atoms with van der Waals surface area (Å²) in [6.07, 6.45) is 3.80. The number of rotatable bonds is 3. The molecule has 0 aromatic carbocycles. The molecule has 1 fully saturated rings. The van der Waals surface area contributed by atoms with Crippen LogP contribution in [0.2, 0.25) is 0 Å². The van der Waals surface area contributed by atoms with Crippen molar-refractivity contribution >= 4 is 5.91 Å². The number of nitrogens with two attached hydrogens (primary N) is 1. The van der Waals surface area contributed by atoms with E-state index in [9.17, 15) is 4.79 Å². The highest BCUT2D eigenvalue weighted by molar-refractivity contribution is 5.76. The smallest absolute Gasteiger partial charge is 0.222 e. The summed E-state index contributed by atoms with van der Waals surface area (Å²) in [5.74, 6) is 0.281. The minimum atomic E-state index is 0.281. The molecule has 1 heterocycles. The zero-order valence-electron chi connectivity index (χ0n) is 9.38. The van der Waals surface area contributed by atoms with Crippen molar-refractivity contribution in [3.05, 3.63) is 0 Å². The standard InChI is InChI=1S/C11H22N2O/c1-11(2)6-4-8-13(9-11)10(14)5-3-7-12/h3-9,12H2,1-2H3. The van der Waals surface area contributed by atoms with Crippen LogP contribution in [0, 0.1) is 5.41 Å². The van der Waals surface area contributed by atoms with Crippen LogP contribution < -0.4 is 5.73 Å². The summed E-state index contributed by atoms with van der Waals surface area (Å²) in [6.45, 7) is 6.93. The van der Waals surface area contributed by atoms with Gasteiger partial charge < -0.3 is 10.6 Å². The van der Waals surface area contributed by atoms with E-state index in [4.69, 9.17) is 5.73 Å². The molecule has 0 saturated carbocycles. The molecule has 0 aromatic heterocycles. The molecule has 3 nitrogen and oxygen atoms in total. The number of amides is 1. The lowest BCUT2D eigenvalue weighted by Gasteiger charge is -2.38. The van der Waals surface area contributed by atoms with Gasteiger partial charge in [0.05, 0.1) is 0 Å². The Morgan fingerprint density at radius 1 is 1.50 bits per heavy atom. The zero-order valence-corrected chi connectivity index (χ0v) is 9.38. The fourth-order valence-corrected chi connectivity index (χ4v) is 2.05. The average Bonchev–Trinajstić information content (AvgIpc) is 2.12. The maximum atomic E-state index is 11.7. The molecule has 0 spiro atoms. The molecule has 1 aliphatic rings. The quantitative estimate of drug-likeness (QED) is 0.744. The number of carbonyl (C=O) groups is 1. The van der Waals surface area contributed by atoms with Crippen LogP contribution in [0.25, 0.3) is 0 Å². The van der Waals surface area contributed by atoms with Crippen LogP contribution in [-0.2, 0) is 4.79 Å². The summed E-state index contributed by atoms with van der Waals surface area (Å²) >= 11 is 0. The van der Waals surface area contributed by atoms with E-state index < -0.39 is 0 Å². The van der Waals surface area contributed by atoms with E-state index in [1.54, 1.807) is 0 Å². The number of nitrogens with zero attached hydrogens (tertiary/aromatic N) is 1. The van der Waals surface area contributed by atoms with Crippen LogP contribution in [-0.4, -0.2) is 30.4 Å². The number of carbonyl (C=O) groups excluding carboxylic acids is 1. The number of likely N-dealkylation sites (tertiary alicyclic amines) is 1. The van der Waals surface area contributed by atoms with E-state index in [0.717, 1.165) is 25.9 Å². The van der Waals surface area contributed by atoms with Crippen LogP contribution in [0.5, 0.6) is 0 Å². The van der Waals surface area contributed by atoms with Crippen molar-refractivity contribution in [2.45, 2.75) is 39.5 Å². The molecule has 1 aliphatic heterocycles. The van der Waals surface area contributed by atoms with Gasteiger partial charge in [0.2, 0.25) is 5.91 Å². The summed E-state index contributed by atoms with van der Waals surface area (Å²) in [6, 6.07) is 0. The Hall–Kier alpha value is -0.570. The van der Waals surface area contributed by atoms with Gasteiger partial charge in [-0.2, -0.15) is 0 Å². The molecule has 82 valence electrons. The Labute approximate surface area is 86.6 Å². The maximum Gasteiger partial charge on any atom is 0.222 e. The van der Waals surface area contributed by atoms with E-state index in [1.807, 2.05) is 4.90 Å². The molecule has 0 aromatic rings. The highest BCUT2D eigenvalue weighted by atomic mass is 16.2. The molecule has 2 N–H and O–H groups in total. The molecule has 0 bridgehead atoms. The van der Waals surface area contributed by atoms with Gasteiger partial charge in [0.1, 0.15) is 0 Å². The van der Waals surface area contributed by atoms with E-state index in [1.165, 1.54) is 6.42 Å². The molecule has 1 rings (SSSR count). The molecule has 0 unspecified atom stereocenters. The van der Waals surface area contributed by atoms with Crippen molar-refractivity contribution < 1.29 is 4.79 Å². The van der Waals surface area contributed by atoms with Crippen molar-refractivity contribution in [2.24, 2.45) is 11.1 Å². The second-order valence-electron chi connectivity index (χ2n) is 4.98. The Bertz CT molecular complexity index is 201. The average molecular weight is 198 g/mol. The van der Waals surface area contributed by atoms with Crippen molar-refractivity contribution in [1.82, 2.24) is 4.90 Å². The lowest BCUT2D eigenvalue weighted by molar-refractivity contribution is -0.134. The fourth-order valence-electron chi connectivity index (χ4n) is 2.05. The first-order chi connectivity index (χ1) is 6.55. The lowest BCUT2D eigenvalue weighted by atomic mass is 9.84. The molecule has 0 atom stereocenters. The summed E-state index contributed by atoms with van der Waals surface area (Å²) < 4.78 is 0. The van der Waals surface area contributed by atoms with E-state index in [2.05, 4.69) is 13.8 Å². The van der Waals surface area contributed by atoms with E-state index >= 15 is 0 Å². The normalized spacial score (nSPS) is 20.9. The zero-order chi connectivity index (χ0) is 10.6. The predicted molar refractivity (Wildman–Crippen MR) is 57.9 cm³/mol. The monoisotopic (exact) mass is 198 g/mol. The minimum absolute atomic E-state index is 0.281. The topological polar surface area (TPSA) is 46.3 Å². The van der Waals surface area contributed by atoms with Crippen LogP contribution in [0.4, 0.5) is 0 Å². The third-order valence-corrected chi connectivity index (χ3v) is 2.85. The van der Waals surface area contributed by atoms with Crippen LogP contribution in [0.15, 0.2) is 0 Å². The summed E-state index contributed by atoms with van der Waals surface area (Å²) in [7, 11) is 0. The molecule has 0 radical (unpaired) electrons. The molecule has 1 saturated heterocycles. The summed E-state index contributed by atoms with van der Waals surface area (Å²) in [5, 5.41) is 0. The second-order valence-corrected chi connectivity index (χ2v) is 4.98. The van der Waals surface area contributed by atoms with Crippen LogP contribution >= 0.6 is 0 Å². The van der Waals surface area contributed by atoms with Gasteiger partial charge in [-0.1, -0.05) is 13.8 Å². The molecule has 14 heavy (non-hydrogen) atoms. The third-order valence-electron chi connectivity index (χ3n) is 2.85. The van der Waals surface area contributed by atoms with Crippen molar-refractivity contribution in [1.29, 1.82) is 0 Å². The largest absolute Gasteiger partial charge is 0.342 e. The Balaban J connectivity index is 2.40. The lowest BCUT2D eigenvalue weighted by Crippen LogP contribution is -2.43. The fraction of sp³-hybridized carbons (Fsp3) is 0.909. The van der Waals surface area contributed by atoms with E-state index in [0.29, 0.717) is 18.4 Å². The SMILES string of the molecule is CC1(C)CCCN(C(=O)CCCN)C1. The number of piperidine rings is 1.